The molecule has 0 spiro atoms. The molecule has 0 aromatic heterocycles. The van der Waals surface area contributed by atoms with Crippen molar-refractivity contribution in [2.45, 2.75) is 27.0 Å². The van der Waals surface area contributed by atoms with Crippen molar-refractivity contribution < 1.29 is 14.3 Å². The fourth-order valence-corrected chi connectivity index (χ4v) is 2.15. The molecule has 2 rings (SSSR count). The standard InChI is InChI=1S/C18H18ClNO3/c1-12-3-4-15(9-17(12)19)11-23-18(22)16-7-5-14(6-8-16)10-20-13(2)21/h3-9H,10-11H2,1-2H3,(H,20,21). The van der Waals surface area contributed by atoms with E-state index in [0.717, 1.165) is 16.7 Å². The molecule has 4 nitrogen and oxygen atoms in total. The smallest absolute Gasteiger partial charge is 0.338 e. The lowest BCUT2D eigenvalue weighted by atomic mass is 10.1. The van der Waals surface area contributed by atoms with Crippen LogP contribution < -0.4 is 5.32 Å². The Hall–Kier alpha value is -2.33. The van der Waals surface area contributed by atoms with Crippen LogP contribution in [-0.4, -0.2) is 11.9 Å². The van der Waals surface area contributed by atoms with Crippen molar-refractivity contribution in [2.75, 3.05) is 0 Å². The van der Waals surface area contributed by atoms with E-state index in [1.54, 1.807) is 30.3 Å². The third-order valence-corrected chi connectivity index (χ3v) is 3.74. The van der Waals surface area contributed by atoms with Gasteiger partial charge in [-0.1, -0.05) is 35.9 Å². The average Bonchev–Trinajstić information content (AvgIpc) is 2.54. The lowest BCUT2D eigenvalue weighted by Gasteiger charge is -2.07. The first-order chi connectivity index (χ1) is 11.0. The summed E-state index contributed by atoms with van der Waals surface area (Å²) in [5, 5.41) is 3.35. The van der Waals surface area contributed by atoms with Crippen molar-refractivity contribution in [1.29, 1.82) is 0 Å². The summed E-state index contributed by atoms with van der Waals surface area (Å²) >= 11 is 6.05. The molecule has 0 fully saturated rings. The van der Waals surface area contributed by atoms with E-state index >= 15 is 0 Å². The summed E-state index contributed by atoms with van der Waals surface area (Å²) in [5.74, 6) is -0.488. The molecular weight excluding hydrogens is 314 g/mol. The van der Waals surface area contributed by atoms with E-state index in [2.05, 4.69) is 5.32 Å². The molecule has 2 aromatic carbocycles. The van der Waals surface area contributed by atoms with Crippen LogP contribution in [0.5, 0.6) is 0 Å². The number of halogens is 1. The minimum Gasteiger partial charge on any atom is -0.457 e. The van der Waals surface area contributed by atoms with Gasteiger partial charge in [-0.25, -0.2) is 4.79 Å². The van der Waals surface area contributed by atoms with Crippen LogP contribution in [0, 0.1) is 6.92 Å². The second-order valence-corrected chi connectivity index (χ2v) is 5.67. The molecule has 0 aliphatic carbocycles. The van der Waals surface area contributed by atoms with Crippen molar-refractivity contribution >= 4 is 23.5 Å². The van der Waals surface area contributed by atoms with Crippen LogP contribution >= 0.6 is 11.6 Å². The molecule has 1 N–H and O–H groups in total. The van der Waals surface area contributed by atoms with Crippen LogP contribution in [0.2, 0.25) is 5.02 Å². The van der Waals surface area contributed by atoms with E-state index in [4.69, 9.17) is 16.3 Å². The number of esters is 1. The van der Waals surface area contributed by atoms with Gasteiger partial charge in [-0.05, 0) is 41.8 Å². The fraction of sp³-hybridized carbons (Fsp3) is 0.222. The van der Waals surface area contributed by atoms with Crippen molar-refractivity contribution in [1.82, 2.24) is 5.32 Å². The van der Waals surface area contributed by atoms with Gasteiger partial charge in [0.25, 0.3) is 0 Å². The number of carbonyl (C=O) groups is 2. The summed E-state index contributed by atoms with van der Waals surface area (Å²) in [4.78, 5) is 22.9. The number of nitrogens with one attached hydrogen (secondary N) is 1. The lowest BCUT2D eigenvalue weighted by Crippen LogP contribution is -2.18. The van der Waals surface area contributed by atoms with E-state index in [1.165, 1.54) is 6.92 Å². The molecule has 120 valence electrons. The summed E-state index contributed by atoms with van der Waals surface area (Å²) in [6, 6.07) is 12.5. The van der Waals surface area contributed by atoms with Crippen LogP contribution in [0.4, 0.5) is 0 Å². The molecule has 0 saturated carbocycles. The average molecular weight is 332 g/mol. The van der Waals surface area contributed by atoms with Crippen molar-refractivity contribution in [3.63, 3.8) is 0 Å². The van der Waals surface area contributed by atoms with Gasteiger partial charge < -0.3 is 10.1 Å². The second-order valence-electron chi connectivity index (χ2n) is 5.27. The maximum Gasteiger partial charge on any atom is 0.338 e. The zero-order chi connectivity index (χ0) is 16.8. The first-order valence-electron chi connectivity index (χ1n) is 7.21. The minimum atomic E-state index is -0.396. The molecule has 0 unspecified atom stereocenters. The summed E-state index contributed by atoms with van der Waals surface area (Å²) in [5.41, 5.74) is 3.21. The first kappa shape index (κ1) is 17.0. The highest BCUT2D eigenvalue weighted by molar-refractivity contribution is 6.31. The topological polar surface area (TPSA) is 55.4 Å². The van der Waals surface area contributed by atoms with Crippen LogP contribution in [0.1, 0.15) is 34.0 Å². The van der Waals surface area contributed by atoms with Gasteiger partial charge in [-0.2, -0.15) is 0 Å². The fourth-order valence-electron chi connectivity index (χ4n) is 1.94. The monoisotopic (exact) mass is 331 g/mol. The SMILES string of the molecule is CC(=O)NCc1ccc(C(=O)OCc2ccc(C)c(Cl)c2)cc1. The number of hydrogen-bond acceptors (Lipinski definition) is 3. The maximum atomic E-state index is 12.0. The van der Waals surface area contributed by atoms with Gasteiger partial charge in [0, 0.05) is 18.5 Å². The molecule has 0 aliphatic rings. The van der Waals surface area contributed by atoms with Crippen molar-refractivity contribution in [3.8, 4) is 0 Å². The molecule has 0 radical (unpaired) electrons. The van der Waals surface area contributed by atoms with Gasteiger partial charge in [0.15, 0.2) is 0 Å². The summed E-state index contributed by atoms with van der Waals surface area (Å²) < 4.78 is 5.28. The zero-order valence-corrected chi connectivity index (χ0v) is 13.8. The highest BCUT2D eigenvalue weighted by atomic mass is 35.5. The maximum absolute atomic E-state index is 12.0. The second kappa shape index (κ2) is 7.79. The van der Waals surface area contributed by atoms with Gasteiger partial charge in [0.05, 0.1) is 5.56 Å². The molecule has 0 heterocycles. The Morgan fingerprint density at radius 1 is 1.09 bits per heavy atom. The number of aryl methyl sites for hydroxylation is 1. The molecule has 23 heavy (non-hydrogen) atoms. The highest BCUT2D eigenvalue weighted by Crippen LogP contribution is 2.17. The number of benzene rings is 2. The molecule has 5 heteroatoms. The molecule has 0 bridgehead atoms. The molecule has 0 aliphatic heterocycles. The normalized spacial score (nSPS) is 10.2. The third kappa shape index (κ3) is 5.11. The van der Waals surface area contributed by atoms with Crippen LogP contribution in [-0.2, 0) is 22.7 Å². The molecule has 2 aromatic rings. The number of amides is 1. The third-order valence-electron chi connectivity index (χ3n) is 3.34. The van der Waals surface area contributed by atoms with E-state index in [0.29, 0.717) is 17.1 Å². The molecule has 0 saturated heterocycles. The molecular formula is C18H18ClNO3. The number of carbonyl (C=O) groups excluding carboxylic acids is 2. The van der Waals surface area contributed by atoms with Crippen molar-refractivity contribution in [3.05, 3.63) is 69.7 Å². The Morgan fingerprint density at radius 3 is 2.35 bits per heavy atom. The molecule has 1 amide bonds. The summed E-state index contributed by atoms with van der Waals surface area (Å²) in [7, 11) is 0. The van der Waals surface area contributed by atoms with Crippen LogP contribution in [0.3, 0.4) is 0 Å². The molecule has 0 atom stereocenters. The van der Waals surface area contributed by atoms with Crippen LogP contribution in [0.25, 0.3) is 0 Å². The predicted octanol–water partition coefficient (Wildman–Crippen LogP) is 3.64. The first-order valence-corrected chi connectivity index (χ1v) is 7.59. The van der Waals surface area contributed by atoms with E-state index in [-0.39, 0.29) is 12.5 Å². The highest BCUT2D eigenvalue weighted by Gasteiger charge is 2.08. The van der Waals surface area contributed by atoms with E-state index in [9.17, 15) is 9.59 Å². The summed E-state index contributed by atoms with van der Waals surface area (Å²) in [6.45, 7) is 3.99. The number of rotatable bonds is 5. The summed E-state index contributed by atoms with van der Waals surface area (Å²) in [6.07, 6.45) is 0. The van der Waals surface area contributed by atoms with Crippen LogP contribution in [0.15, 0.2) is 42.5 Å². The van der Waals surface area contributed by atoms with Crippen molar-refractivity contribution in [2.24, 2.45) is 0 Å². The minimum absolute atomic E-state index is 0.0924. The largest absolute Gasteiger partial charge is 0.457 e. The number of ether oxygens (including phenoxy) is 1. The van der Waals surface area contributed by atoms with E-state index < -0.39 is 5.97 Å². The Morgan fingerprint density at radius 2 is 1.74 bits per heavy atom. The van der Waals surface area contributed by atoms with Gasteiger partial charge in [-0.3, -0.25) is 4.79 Å². The van der Waals surface area contributed by atoms with Gasteiger partial charge in [-0.15, -0.1) is 0 Å². The van der Waals surface area contributed by atoms with Gasteiger partial charge >= 0.3 is 5.97 Å². The van der Waals surface area contributed by atoms with Gasteiger partial charge in [0.1, 0.15) is 6.61 Å². The predicted molar refractivity (Wildman–Crippen MR) is 89.3 cm³/mol. The zero-order valence-electron chi connectivity index (χ0n) is 13.1. The Labute approximate surface area is 140 Å². The lowest BCUT2D eigenvalue weighted by molar-refractivity contribution is -0.119. The van der Waals surface area contributed by atoms with E-state index in [1.807, 2.05) is 19.1 Å². The Balaban J connectivity index is 1.92. The Kier molecular flexibility index (Phi) is 5.77. The quantitative estimate of drug-likeness (QED) is 0.851. The van der Waals surface area contributed by atoms with Gasteiger partial charge in [0.2, 0.25) is 5.91 Å². The Bertz CT molecular complexity index is 711. The number of hydrogen-bond donors (Lipinski definition) is 1.